The number of hydrogen-bond donors (Lipinski definition) is 1. The van der Waals surface area contributed by atoms with Crippen LogP contribution >= 0.6 is 11.6 Å². The molecule has 0 aromatic heterocycles. The number of unbranched alkanes of at least 4 members (excludes halogenated alkanes) is 9. The molecule has 0 spiro atoms. The van der Waals surface area contributed by atoms with Crippen LogP contribution in [0.4, 0.5) is 10.5 Å². The predicted octanol–water partition coefficient (Wildman–Crippen LogP) is 8.29. The van der Waals surface area contributed by atoms with Crippen LogP contribution in [0.25, 0.3) is 0 Å². The standard InChI is InChI=1S/C37H44ClN3O5/c1-2-3-4-5-6-7-8-9-10-17-24-46-32-23-22-30(38)25-31(32)39-36(44)34(35(43)29-20-15-12-16-21-29)41-33(42)27-40(37(41)45)26-28-18-13-11-14-19-28/h11-16,18-23,25,34H,2-10,17,24,26-27H2,1H3,(H,39,44). The molecule has 1 aliphatic heterocycles. The molecule has 1 fully saturated rings. The Labute approximate surface area is 277 Å². The quantitative estimate of drug-likeness (QED) is 0.0612. The van der Waals surface area contributed by atoms with Crippen LogP contribution in [-0.4, -0.2) is 52.6 Å². The second-order valence-corrected chi connectivity index (χ2v) is 12.1. The highest BCUT2D eigenvalue weighted by Crippen LogP contribution is 2.30. The summed E-state index contributed by atoms with van der Waals surface area (Å²) in [6.07, 6.45) is 12.0. The van der Waals surface area contributed by atoms with Crippen LogP contribution in [0.1, 0.15) is 87.1 Å². The lowest BCUT2D eigenvalue weighted by Crippen LogP contribution is -2.52. The van der Waals surface area contributed by atoms with E-state index in [1.54, 1.807) is 42.5 Å². The van der Waals surface area contributed by atoms with Crippen molar-refractivity contribution in [1.29, 1.82) is 0 Å². The largest absolute Gasteiger partial charge is 0.491 e. The fourth-order valence-electron chi connectivity index (χ4n) is 5.56. The minimum atomic E-state index is -1.73. The van der Waals surface area contributed by atoms with Crippen LogP contribution in [0.5, 0.6) is 5.75 Å². The first-order chi connectivity index (χ1) is 22.4. The Balaban J connectivity index is 1.43. The Bertz CT molecular complexity index is 1450. The van der Waals surface area contributed by atoms with Gasteiger partial charge in [0.1, 0.15) is 12.3 Å². The van der Waals surface area contributed by atoms with Gasteiger partial charge in [0.25, 0.3) is 11.8 Å². The molecular formula is C37H44ClN3O5. The highest BCUT2D eigenvalue weighted by atomic mass is 35.5. The topological polar surface area (TPSA) is 96.0 Å². The van der Waals surface area contributed by atoms with Crippen LogP contribution in [0, 0.1) is 0 Å². The fraction of sp³-hybridized carbons (Fsp3) is 0.405. The number of imide groups is 1. The zero-order chi connectivity index (χ0) is 32.7. The van der Waals surface area contributed by atoms with Crippen LogP contribution < -0.4 is 10.1 Å². The smallest absolute Gasteiger partial charge is 0.328 e. The lowest BCUT2D eigenvalue weighted by molar-refractivity contribution is -0.131. The Morgan fingerprint density at radius 1 is 0.826 bits per heavy atom. The van der Waals surface area contributed by atoms with E-state index in [1.807, 2.05) is 30.3 Å². The Kier molecular flexibility index (Phi) is 13.6. The number of amides is 4. The molecule has 1 unspecified atom stereocenters. The van der Waals surface area contributed by atoms with Crippen molar-refractivity contribution in [3.63, 3.8) is 0 Å². The van der Waals surface area contributed by atoms with Crippen LogP contribution in [0.15, 0.2) is 78.9 Å². The summed E-state index contributed by atoms with van der Waals surface area (Å²) in [5.41, 5.74) is 1.29. The molecular weight excluding hydrogens is 602 g/mol. The van der Waals surface area contributed by atoms with Gasteiger partial charge in [0, 0.05) is 17.1 Å². The first-order valence-corrected chi connectivity index (χ1v) is 16.7. The average Bonchev–Trinajstić information content (AvgIpc) is 3.33. The van der Waals surface area contributed by atoms with E-state index in [0.717, 1.165) is 29.7 Å². The van der Waals surface area contributed by atoms with Crippen LogP contribution in [-0.2, 0) is 16.1 Å². The predicted molar refractivity (Wildman–Crippen MR) is 181 cm³/mol. The third kappa shape index (κ3) is 9.91. The van der Waals surface area contributed by atoms with Gasteiger partial charge in [0.05, 0.1) is 12.3 Å². The van der Waals surface area contributed by atoms with Crippen molar-refractivity contribution in [1.82, 2.24) is 9.80 Å². The van der Waals surface area contributed by atoms with E-state index in [2.05, 4.69) is 12.2 Å². The number of benzene rings is 3. The number of ketones is 1. The lowest BCUT2D eigenvalue weighted by Gasteiger charge is -2.25. The molecule has 1 saturated heterocycles. The molecule has 9 heteroatoms. The monoisotopic (exact) mass is 645 g/mol. The number of anilines is 1. The van der Waals surface area contributed by atoms with Gasteiger partial charge in [-0.2, -0.15) is 0 Å². The molecule has 46 heavy (non-hydrogen) atoms. The molecule has 0 aliphatic carbocycles. The summed E-state index contributed by atoms with van der Waals surface area (Å²) in [5.74, 6) is -1.74. The Morgan fingerprint density at radius 2 is 1.43 bits per heavy atom. The summed E-state index contributed by atoms with van der Waals surface area (Å²) in [6, 6.07) is 19.8. The molecule has 1 atom stereocenters. The van der Waals surface area contributed by atoms with Gasteiger partial charge in [-0.3, -0.25) is 14.4 Å². The molecule has 244 valence electrons. The molecule has 1 N–H and O–H groups in total. The Hall–Kier alpha value is -4.17. The Morgan fingerprint density at radius 3 is 2.09 bits per heavy atom. The molecule has 8 nitrogen and oxygen atoms in total. The molecule has 1 aliphatic rings. The van der Waals surface area contributed by atoms with Crippen molar-refractivity contribution in [3.8, 4) is 5.75 Å². The van der Waals surface area contributed by atoms with Gasteiger partial charge in [0.15, 0.2) is 11.8 Å². The maximum Gasteiger partial charge on any atom is 0.328 e. The van der Waals surface area contributed by atoms with Gasteiger partial charge in [-0.05, 0) is 30.2 Å². The van der Waals surface area contributed by atoms with E-state index in [0.29, 0.717) is 17.4 Å². The number of Topliss-reactive ketones (excluding diaryl/α,β-unsaturated/α-hetero) is 1. The van der Waals surface area contributed by atoms with E-state index in [-0.39, 0.29) is 24.3 Å². The molecule has 0 saturated carbocycles. The van der Waals surface area contributed by atoms with Crippen molar-refractivity contribution in [2.45, 2.75) is 83.7 Å². The van der Waals surface area contributed by atoms with E-state index in [4.69, 9.17) is 16.3 Å². The van der Waals surface area contributed by atoms with E-state index >= 15 is 0 Å². The molecule has 0 radical (unpaired) electrons. The first-order valence-electron chi connectivity index (χ1n) is 16.4. The summed E-state index contributed by atoms with van der Waals surface area (Å²) >= 11 is 6.28. The van der Waals surface area contributed by atoms with E-state index in [1.165, 1.54) is 55.9 Å². The van der Waals surface area contributed by atoms with Gasteiger partial charge >= 0.3 is 6.03 Å². The van der Waals surface area contributed by atoms with Crippen LogP contribution in [0.2, 0.25) is 5.02 Å². The zero-order valence-electron chi connectivity index (χ0n) is 26.6. The third-order valence-corrected chi connectivity index (χ3v) is 8.29. The summed E-state index contributed by atoms with van der Waals surface area (Å²) in [7, 11) is 0. The number of hydrogen-bond acceptors (Lipinski definition) is 5. The normalized spacial score (nSPS) is 13.6. The highest BCUT2D eigenvalue weighted by Gasteiger charge is 2.47. The number of carbonyl (C=O) groups excluding carboxylic acids is 4. The summed E-state index contributed by atoms with van der Waals surface area (Å²) in [6.45, 7) is 2.60. The molecule has 4 rings (SSSR count). The number of rotatable bonds is 19. The van der Waals surface area contributed by atoms with Gasteiger partial charge in [-0.25, -0.2) is 9.69 Å². The van der Waals surface area contributed by atoms with E-state index < -0.39 is 29.7 Å². The molecule has 3 aromatic rings. The minimum Gasteiger partial charge on any atom is -0.491 e. The third-order valence-electron chi connectivity index (χ3n) is 8.06. The maximum atomic E-state index is 13.9. The number of halogens is 1. The van der Waals surface area contributed by atoms with Crippen molar-refractivity contribution in [2.24, 2.45) is 0 Å². The van der Waals surface area contributed by atoms with Crippen molar-refractivity contribution in [3.05, 3.63) is 95.0 Å². The number of ether oxygens (including phenoxy) is 1. The van der Waals surface area contributed by atoms with Gasteiger partial charge in [0.2, 0.25) is 0 Å². The number of urea groups is 1. The molecule has 0 bridgehead atoms. The maximum absolute atomic E-state index is 13.9. The zero-order valence-corrected chi connectivity index (χ0v) is 27.3. The molecule has 3 aromatic carbocycles. The van der Waals surface area contributed by atoms with Gasteiger partial charge in [-0.1, -0.05) is 137 Å². The average molecular weight is 646 g/mol. The lowest BCUT2D eigenvalue weighted by atomic mass is 10.0. The highest BCUT2D eigenvalue weighted by molar-refractivity contribution is 6.31. The summed E-state index contributed by atoms with van der Waals surface area (Å²) < 4.78 is 6.03. The number of carbonyl (C=O) groups is 4. The van der Waals surface area contributed by atoms with Gasteiger partial charge < -0.3 is 15.0 Å². The van der Waals surface area contributed by atoms with Crippen molar-refractivity contribution in [2.75, 3.05) is 18.5 Å². The first kappa shape index (κ1) is 34.7. The van der Waals surface area contributed by atoms with E-state index in [9.17, 15) is 19.2 Å². The van der Waals surface area contributed by atoms with Crippen LogP contribution in [0.3, 0.4) is 0 Å². The number of nitrogens with zero attached hydrogens (tertiary/aromatic N) is 2. The van der Waals surface area contributed by atoms with Crippen molar-refractivity contribution >= 4 is 40.9 Å². The van der Waals surface area contributed by atoms with Crippen molar-refractivity contribution < 1.29 is 23.9 Å². The fourth-order valence-corrected chi connectivity index (χ4v) is 5.73. The molecule has 1 heterocycles. The summed E-state index contributed by atoms with van der Waals surface area (Å²) in [5, 5.41) is 3.10. The number of nitrogens with one attached hydrogen (secondary N) is 1. The second-order valence-electron chi connectivity index (χ2n) is 11.7. The minimum absolute atomic E-state index is 0.168. The molecule has 4 amide bonds. The second kappa shape index (κ2) is 18.1. The summed E-state index contributed by atoms with van der Waals surface area (Å²) in [4.78, 5) is 56.6. The van der Waals surface area contributed by atoms with Gasteiger partial charge in [-0.15, -0.1) is 0 Å². The SMILES string of the molecule is CCCCCCCCCCCCOc1ccc(Cl)cc1NC(=O)C(C(=O)c1ccccc1)N1C(=O)CN(Cc2ccccc2)C1=O.